The summed E-state index contributed by atoms with van der Waals surface area (Å²) in [4.78, 5) is 12.6. The SMILES string of the molecule is O=C1[C@H](OCCCCC[C@H]2C=CCCC2)O[C@H](CO)[C@@H](O[C@H]2O[C@H](CO)[C@@H](O)[C@H](O)[C@H]2O)[C@@H]1O. The van der Waals surface area contributed by atoms with Crippen LogP contribution in [0.2, 0.25) is 0 Å². The minimum Gasteiger partial charge on any atom is -0.394 e. The Hall–Kier alpha value is -0.990. The molecule has 2 aliphatic heterocycles. The van der Waals surface area contributed by atoms with E-state index in [2.05, 4.69) is 12.2 Å². The van der Waals surface area contributed by atoms with Crippen molar-refractivity contribution in [3.63, 3.8) is 0 Å². The first-order valence-electron chi connectivity index (χ1n) is 12.1. The number of hydrogen-bond acceptors (Lipinski definition) is 11. The number of aliphatic hydroxyl groups excluding tert-OH is 6. The molecule has 0 bridgehead atoms. The first-order valence-corrected chi connectivity index (χ1v) is 12.1. The van der Waals surface area contributed by atoms with E-state index >= 15 is 0 Å². The van der Waals surface area contributed by atoms with Gasteiger partial charge in [-0.05, 0) is 38.0 Å². The first kappa shape index (κ1) is 27.6. The van der Waals surface area contributed by atoms with E-state index in [1.54, 1.807) is 0 Å². The molecule has 1 aliphatic carbocycles. The third kappa shape index (κ3) is 6.82. The van der Waals surface area contributed by atoms with Crippen molar-refractivity contribution in [2.24, 2.45) is 5.92 Å². The molecule has 0 amide bonds. The van der Waals surface area contributed by atoms with Crippen LogP contribution in [0.25, 0.3) is 0 Å². The number of Topliss-reactive ketones (excluding diaryl/α,β-unsaturated/α-hetero) is 1. The molecule has 3 aliphatic rings. The van der Waals surface area contributed by atoms with Crippen LogP contribution in [-0.4, -0.2) is 112 Å². The number of ether oxygens (including phenoxy) is 4. The van der Waals surface area contributed by atoms with Crippen molar-refractivity contribution < 1.29 is 54.4 Å². The molecule has 0 aromatic rings. The number of ketones is 1. The van der Waals surface area contributed by atoms with E-state index in [1.165, 1.54) is 12.8 Å². The van der Waals surface area contributed by atoms with Crippen LogP contribution in [0.15, 0.2) is 12.2 Å². The zero-order chi connectivity index (χ0) is 24.7. The van der Waals surface area contributed by atoms with Crippen molar-refractivity contribution in [2.75, 3.05) is 19.8 Å². The minimum atomic E-state index is -1.75. The summed E-state index contributed by atoms with van der Waals surface area (Å²) in [6, 6.07) is 0. The second-order valence-electron chi connectivity index (χ2n) is 9.17. The summed E-state index contributed by atoms with van der Waals surface area (Å²) >= 11 is 0. The molecule has 0 unspecified atom stereocenters. The molecule has 10 atom stereocenters. The van der Waals surface area contributed by atoms with E-state index in [4.69, 9.17) is 18.9 Å². The van der Waals surface area contributed by atoms with Crippen LogP contribution in [0.1, 0.15) is 44.9 Å². The molecule has 11 nitrogen and oxygen atoms in total. The Labute approximate surface area is 198 Å². The lowest BCUT2D eigenvalue weighted by Crippen LogP contribution is -2.63. The summed E-state index contributed by atoms with van der Waals surface area (Å²) in [5.41, 5.74) is 0. The maximum Gasteiger partial charge on any atom is 0.221 e. The fourth-order valence-electron chi connectivity index (χ4n) is 4.57. The largest absolute Gasteiger partial charge is 0.394 e. The number of allylic oxidation sites excluding steroid dienone is 2. The topological polar surface area (TPSA) is 175 Å². The Bertz CT molecular complexity index is 657. The van der Waals surface area contributed by atoms with E-state index in [0.29, 0.717) is 12.3 Å². The van der Waals surface area contributed by atoms with Gasteiger partial charge in [-0.25, -0.2) is 0 Å². The van der Waals surface area contributed by atoms with Gasteiger partial charge in [0.1, 0.15) is 42.7 Å². The van der Waals surface area contributed by atoms with Gasteiger partial charge in [-0.2, -0.15) is 0 Å². The van der Waals surface area contributed by atoms with Crippen molar-refractivity contribution in [3.05, 3.63) is 12.2 Å². The number of carbonyl (C=O) groups excluding carboxylic acids is 1. The highest BCUT2D eigenvalue weighted by Crippen LogP contribution is 2.28. The fraction of sp³-hybridized carbons (Fsp3) is 0.870. The minimum absolute atomic E-state index is 0.250. The predicted molar refractivity (Wildman–Crippen MR) is 116 cm³/mol. The van der Waals surface area contributed by atoms with Crippen LogP contribution in [0.3, 0.4) is 0 Å². The third-order valence-electron chi connectivity index (χ3n) is 6.66. The van der Waals surface area contributed by atoms with Crippen LogP contribution in [0, 0.1) is 5.92 Å². The molecule has 6 N–H and O–H groups in total. The predicted octanol–water partition coefficient (Wildman–Crippen LogP) is -1.25. The number of carbonyl (C=O) groups is 1. The van der Waals surface area contributed by atoms with E-state index in [1.807, 2.05) is 0 Å². The zero-order valence-electron chi connectivity index (χ0n) is 19.2. The summed E-state index contributed by atoms with van der Waals surface area (Å²) in [6.45, 7) is -1.04. The molecule has 0 aromatic carbocycles. The lowest BCUT2D eigenvalue weighted by molar-refractivity contribution is -0.335. The quantitative estimate of drug-likeness (QED) is 0.151. The van der Waals surface area contributed by atoms with Crippen LogP contribution >= 0.6 is 0 Å². The lowest BCUT2D eigenvalue weighted by atomic mass is 9.91. The fourth-order valence-corrected chi connectivity index (χ4v) is 4.57. The van der Waals surface area contributed by atoms with E-state index < -0.39 is 74.3 Å². The van der Waals surface area contributed by atoms with Gasteiger partial charge in [-0.1, -0.05) is 25.0 Å². The van der Waals surface area contributed by atoms with Crippen LogP contribution in [0.4, 0.5) is 0 Å². The number of unbranched alkanes of at least 4 members (excludes halogenated alkanes) is 2. The Morgan fingerprint density at radius 3 is 2.38 bits per heavy atom. The van der Waals surface area contributed by atoms with Crippen molar-refractivity contribution in [1.82, 2.24) is 0 Å². The summed E-state index contributed by atoms with van der Waals surface area (Å²) in [5.74, 6) is -0.161. The van der Waals surface area contributed by atoms with E-state index in [-0.39, 0.29) is 6.61 Å². The second-order valence-corrected chi connectivity index (χ2v) is 9.17. The van der Waals surface area contributed by atoms with Crippen LogP contribution in [-0.2, 0) is 23.7 Å². The zero-order valence-corrected chi connectivity index (χ0v) is 19.2. The molecule has 11 heteroatoms. The van der Waals surface area contributed by atoms with Crippen molar-refractivity contribution in [2.45, 2.75) is 100 Å². The van der Waals surface area contributed by atoms with Gasteiger partial charge in [0.05, 0.1) is 19.8 Å². The molecule has 2 fully saturated rings. The van der Waals surface area contributed by atoms with Gasteiger partial charge in [0.15, 0.2) is 6.29 Å². The van der Waals surface area contributed by atoms with Gasteiger partial charge in [0, 0.05) is 0 Å². The summed E-state index contributed by atoms with van der Waals surface area (Å²) in [5, 5.41) is 59.4. The van der Waals surface area contributed by atoms with Crippen molar-refractivity contribution >= 4 is 5.78 Å². The van der Waals surface area contributed by atoms with Crippen LogP contribution in [0.5, 0.6) is 0 Å². The molecule has 0 radical (unpaired) electrons. The molecular weight excluding hydrogens is 452 g/mol. The highest BCUT2D eigenvalue weighted by atomic mass is 16.7. The maximum absolute atomic E-state index is 12.6. The molecular formula is C23H38O11. The van der Waals surface area contributed by atoms with Gasteiger partial charge in [-0.3, -0.25) is 4.79 Å². The molecule has 2 heterocycles. The third-order valence-corrected chi connectivity index (χ3v) is 6.66. The number of rotatable bonds is 11. The van der Waals surface area contributed by atoms with Crippen molar-refractivity contribution in [1.29, 1.82) is 0 Å². The summed E-state index contributed by atoms with van der Waals surface area (Å²) in [6.07, 6.45) is -1.57. The van der Waals surface area contributed by atoms with Gasteiger partial charge >= 0.3 is 0 Å². The Morgan fingerprint density at radius 2 is 1.71 bits per heavy atom. The van der Waals surface area contributed by atoms with Gasteiger partial charge in [0.25, 0.3) is 0 Å². The summed E-state index contributed by atoms with van der Waals surface area (Å²) in [7, 11) is 0. The Balaban J connectivity index is 1.46. The van der Waals surface area contributed by atoms with Gasteiger partial charge in [-0.15, -0.1) is 0 Å². The summed E-state index contributed by atoms with van der Waals surface area (Å²) < 4.78 is 21.7. The molecule has 0 saturated carbocycles. The Morgan fingerprint density at radius 1 is 0.941 bits per heavy atom. The van der Waals surface area contributed by atoms with E-state index in [0.717, 1.165) is 25.7 Å². The smallest absolute Gasteiger partial charge is 0.221 e. The molecule has 196 valence electrons. The Kier molecular flexibility index (Phi) is 10.8. The van der Waals surface area contributed by atoms with Gasteiger partial charge in [0.2, 0.25) is 12.1 Å². The number of hydrogen-bond donors (Lipinski definition) is 6. The normalized spacial score (nSPS) is 41.1. The second kappa shape index (κ2) is 13.4. The monoisotopic (exact) mass is 490 g/mol. The lowest BCUT2D eigenvalue weighted by Gasteiger charge is -2.44. The standard InChI is InChI=1S/C23H38O11/c24-11-14-16(26)17(27)19(29)23(32-14)34-21-15(12-25)33-22(20(30)18(21)28)31-10-6-2-5-9-13-7-3-1-4-8-13/h3,7,13-19,21-29H,1-2,4-6,8-12H2/t13-,14+,15+,16+,17-,18+,19+,21+,22+,23+/m0/s1. The molecule has 0 aromatic heterocycles. The number of aliphatic hydroxyl groups is 6. The molecule has 2 saturated heterocycles. The first-order chi connectivity index (χ1) is 16.4. The van der Waals surface area contributed by atoms with E-state index in [9.17, 15) is 35.4 Å². The molecule has 0 spiro atoms. The maximum atomic E-state index is 12.6. The van der Waals surface area contributed by atoms with Gasteiger partial charge < -0.3 is 49.6 Å². The highest BCUT2D eigenvalue weighted by Gasteiger charge is 2.50. The van der Waals surface area contributed by atoms with Crippen LogP contribution < -0.4 is 0 Å². The van der Waals surface area contributed by atoms with Crippen molar-refractivity contribution in [3.8, 4) is 0 Å². The average molecular weight is 491 g/mol. The highest BCUT2D eigenvalue weighted by molar-refractivity contribution is 5.87. The molecule has 34 heavy (non-hydrogen) atoms. The average Bonchev–Trinajstić information content (AvgIpc) is 2.85. The molecule has 3 rings (SSSR count).